The topological polar surface area (TPSA) is 101 Å². The number of nitrogens with zero attached hydrogens (tertiary/aromatic N) is 4. The first kappa shape index (κ1) is 23.8. The zero-order valence-electron chi connectivity index (χ0n) is 19.2. The van der Waals surface area contributed by atoms with E-state index in [0.29, 0.717) is 16.5 Å². The van der Waals surface area contributed by atoms with Crippen molar-refractivity contribution in [1.29, 1.82) is 0 Å². The van der Waals surface area contributed by atoms with Crippen LogP contribution in [0.1, 0.15) is 29.1 Å². The number of anilines is 2. The van der Waals surface area contributed by atoms with E-state index in [9.17, 15) is 9.59 Å². The van der Waals surface area contributed by atoms with E-state index in [4.69, 9.17) is 4.74 Å². The fourth-order valence-corrected chi connectivity index (χ4v) is 4.39. The van der Waals surface area contributed by atoms with Crippen molar-refractivity contribution in [3.8, 4) is 0 Å². The first-order valence-corrected chi connectivity index (χ1v) is 12.1. The molecule has 178 valence electrons. The van der Waals surface area contributed by atoms with Gasteiger partial charge in [0.25, 0.3) is 5.91 Å². The van der Waals surface area contributed by atoms with E-state index in [-0.39, 0.29) is 23.6 Å². The molecule has 0 saturated carbocycles. The normalized spacial score (nSPS) is 14.5. The lowest BCUT2D eigenvalue weighted by Crippen LogP contribution is -2.36. The van der Waals surface area contributed by atoms with Gasteiger partial charge in [0.15, 0.2) is 11.0 Å². The van der Waals surface area contributed by atoms with Crippen LogP contribution in [0.15, 0.2) is 59.8 Å². The van der Waals surface area contributed by atoms with E-state index >= 15 is 0 Å². The maximum absolute atomic E-state index is 12.5. The van der Waals surface area contributed by atoms with Crippen LogP contribution < -0.4 is 15.5 Å². The van der Waals surface area contributed by atoms with Crippen molar-refractivity contribution in [1.82, 2.24) is 20.1 Å². The minimum Gasteiger partial charge on any atom is -0.378 e. The van der Waals surface area contributed by atoms with Gasteiger partial charge in [-0.1, -0.05) is 30.0 Å². The Kier molecular flexibility index (Phi) is 7.81. The highest BCUT2D eigenvalue weighted by Crippen LogP contribution is 2.21. The molecule has 1 aromatic heterocycles. The average molecular weight is 481 g/mol. The molecule has 0 aliphatic carbocycles. The molecule has 1 unspecified atom stereocenters. The zero-order chi connectivity index (χ0) is 23.9. The Labute approximate surface area is 202 Å². The molecule has 34 heavy (non-hydrogen) atoms. The van der Waals surface area contributed by atoms with Crippen molar-refractivity contribution in [2.75, 3.05) is 42.3 Å². The van der Waals surface area contributed by atoms with Crippen LogP contribution >= 0.6 is 11.8 Å². The van der Waals surface area contributed by atoms with Crippen LogP contribution in [-0.2, 0) is 16.6 Å². The number of rotatable bonds is 8. The van der Waals surface area contributed by atoms with Crippen LogP contribution in [0, 0.1) is 0 Å². The number of nitrogens with one attached hydrogen (secondary N) is 2. The number of morpholine rings is 1. The summed E-state index contributed by atoms with van der Waals surface area (Å²) in [7, 11) is 1.82. The van der Waals surface area contributed by atoms with Gasteiger partial charge in [-0.15, -0.1) is 10.2 Å². The third-order valence-corrected chi connectivity index (χ3v) is 6.52. The Hall–Kier alpha value is -3.37. The maximum Gasteiger partial charge on any atom is 0.251 e. The summed E-state index contributed by atoms with van der Waals surface area (Å²) in [6, 6.07) is 16.5. The van der Waals surface area contributed by atoms with Crippen molar-refractivity contribution in [3.05, 3.63) is 66.0 Å². The van der Waals surface area contributed by atoms with Crippen LogP contribution in [-0.4, -0.2) is 58.6 Å². The Morgan fingerprint density at radius 1 is 1.06 bits per heavy atom. The van der Waals surface area contributed by atoms with Crippen molar-refractivity contribution < 1.29 is 14.3 Å². The van der Waals surface area contributed by atoms with E-state index in [2.05, 4.69) is 25.7 Å². The molecule has 1 fully saturated rings. The second kappa shape index (κ2) is 11.2. The van der Waals surface area contributed by atoms with E-state index < -0.39 is 0 Å². The summed E-state index contributed by atoms with van der Waals surface area (Å²) >= 11 is 1.30. The summed E-state index contributed by atoms with van der Waals surface area (Å²) in [5, 5.41) is 14.9. The first-order chi connectivity index (χ1) is 16.5. The highest BCUT2D eigenvalue weighted by Gasteiger charge is 2.19. The number of carbonyl (C=O) groups is 2. The predicted molar refractivity (Wildman–Crippen MR) is 132 cm³/mol. The molecule has 1 aliphatic heterocycles. The molecule has 4 rings (SSSR count). The van der Waals surface area contributed by atoms with E-state index in [0.717, 1.165) is 37.7 Å². The van der Waals surface area contributed by atoms with Crippen LogP contribution in [0.3, 0.4) is 0 Å². The quantitative estimate of drug-likeness (QED) is 0.478. The van der Waals surface area contributed by atoms with Gasteiger partial charge >= 0.3 is 0 Å². The van der Waals surface area contributed by atoms with Crippen LogP contribution in [0.25, 0.3) is 0 Å². The summed E-state index contributed by atoms with van der Waals surface area (Å²) < 4.78 is 7.18. The molecule has 1 atom stereocenters. The SMILES string of the molecule is CC(NC(=O)c1ccccc1)c1nnc(SCC(=O)Nc2ccc(N3CCOCC3)cc2)n1C. The second-order valence-corrected chi connectivity index (χ2v) is 8.89. The summed E-state index contributed by atoms with van der Waals surface area (Å²) in [4.78, 5) is 27.1. The Bertz CT molecular complexity index is 1110. The van der Waals surface area contributed by atoms with E-state index in [1.54, 1.807) is 16.7 Å². The van der Waals surface area contributed by atoms with Crippen molar-refractivity contribution in [2.24, 2.45) is 7.05 Å². The van der Waals surface area contributed by atoms with E-state index in [1.807, 2.05) is 56.4 Å². The summed E-state index contributed by atoms with van der Waals surface area (Å²) in [6.07, 6.45) is 0. The third-order valence-electron chi connectivity index (χ3n) is 5.50. The van der Waals surface area contributed by atoms with Crippen LogP contribution in [0.4, 0.5) is 11.4 Å². The van der Waals surface area contributed by atoms with Gasteiger partial charge in [0, 0.05) is 37.1 Å². The molecule has 2 N–H and O–H groups in total. The zero-order valence-corrected chi connectivity index (χ0v) is 20.0. The molecule has 2 heterocycles. The van der Waals surface area contributed by atoms with Gasteiger partial charge in [-0.25, -0.2) is 0 Å². The molecule has 1 aliphatic rings. The molecule has 9 nitrogen and oxygen atoms in total. The minimum atomic E-state index is -0.335. The van der Waals surface area contributed by atoms with E-state index in [1.165, 1.54) is 11.8 Å². The number of benzene rings is 2. The highest BCUT2D eigenvalue weighted by molar-refractivity contribution is 7.99. The molecular formula is C24H28N6O3S. The molecule has 10 heteroatoms. The van der Waals surface area contributed by atoms with Crippen molar-refractivity contribution in [3.63, 3.8) is 0 Å². The summed E-state index contributed by atoms with van der Waals surface area (Å²) in [6.45, 7) is 5.06. The monoisotopic (exact) mass is 480 g/mol. The number of aromatic nitrogens is 3. The van der Waals surface area contributed by atoms with Gasteiger partial charge in [-0.05, 0) is 43.3 Å². The lowest BCUT2D eigenvalue weighted by molar-refractivity contribution is -0.113. The first-order valence-electron chi connectivity index (χ1n) is 11.1. The molecule has 3 aromatic rings. The standard InChI is InChI=1S/C24H28N6O3S/c1-17(25-23(32)18-6-4-3-5-7-18)22-27-28-24(29(22)2)34-16-21(31)26-19-8-10-20(11-9-19)30-12-14-33-15-13-30/h3-11,17H,12-16H2,1-2H3,(H,25,32)(H,26,31). The highest BCUT2D eigenvalue weighted by atomic mass is 32.2. The Morgan fingerprint density at radius 2 is 1.76 bits per heavy atom. The molecule has 0 radical (unpaired) electrons. The van der Waals surface area contributed by atoms with Gasteiger partial charge in [-0.2, -0.15) is 0 Å². The lowest BCUT2D eigenvalue weighted by atomic mass is 10.2. The number of ether oxygens (including phenoxy) is 1. The fourth-order valence-electron chi connectivity index (χ4n) is 3.67. The third kappa shape index (κ3) is 5.95. The molecule has 0 bridgehead atoms. The summed E-state index contributed by atoms with van der Waals surface area (Å²) in [5.74, 6) is 0.511. The van der Waals surface area contributed by atoms with Gasteiger partial charge in [0.2, 0.25) is 5.91 Å². The number of thioether (sulfide) groups is 1. The van der Waals surface area contributed by atoms with Gasteiger partial charge in [-0.3, -0.25) is 9.59 Å². The Balaban J connectivity index is 1.28. The smallest absolute Gasteiger partial charge is 0.251 e. The van der Waals surface area contributed by atoms with Gasteiger partial charge < -0.3 is 24.8 Å². The fraction of sp³-hybridized carbons (Fsp3) is 0.333. The number of hydrogen-bond donors (Lipinski definition) is 2. The van der Waals surface area contributed by atoms with Gasteiger partial charge in [0.05, 0.1) is 25.0 Å². The van der Waals surface area contributed by atoms with Crippen molar-refractivity contribution in [2.45, 2.75) is 18.1 Å². The van der Waals surface area contributed by atoms with Crippen LogP contribution in [0.5, 0.6) is 0 Å². The average Bonchev–Trinajstić information content (AvgIpc) is 3.24. The Morgan fingerprint density at radius 3 is 2.47 bits per heavy atom. The van der Waals surface area contributed by atoms with Crippen molar-refractivity contribution >= 4 is 35.0 Å². The molecule has 2 amide bonds. The predicted octanol–water partition coefficient (Wildman–Crippen LogP) is 2.87. The molecule has 2 aromatic carbocycles. The molecule has 0 spiro atoms. The number of amides is 2. The maximum atomic E-state index is 12.5. The minimum absolute atomic E-state index is 0.126. The largest absolute Gasteiger partial charge is 0.378 e. The molecular weight excluding hydrogens is 452 g/mol. The lowest BCUT2D eigenvalue weighted by Gasteiger charge is -2.28. The number of carbonyl (C=O) groups excluding carboxylic acids is 2. The van der Waals surface area contributed by atoms with Crippen LogP contribution in [0.2, 0.25) is 0 Å². The molecule has 1 saturated heterocycles. The summed E-state index contributed by atoms with van der Waals surface area (Å²) in [5.41, 5.74) is 2.45. The number of hydrogen-bond acceptors (Lipinski definition) is 7. The van der Waals surface area contributed by atoms with Gasteiger partial charge in [0.1, 0.15) is 0 Å². The second-order valence-electron chi connectivity index (χ2n) is 7.94.